The Morgan fingerprint density at radius 1 is 1.18 bits per heavy atom. The van der Waals surface area contributed by atoms with Crippen molar-refractivity contribution < 1.29 is 14.3 Å². The van der Waals surface area contributed by atoms with Crippen LogP contribution in [-0.4, -0.2) is 30.1 Å². The summed E-state index contributed by atoms with van der Waals surface area (Å²) in [6, 6.07) is 14.2. The lowest BCUT2D eigenvalue weighted by atomic mass is 9.96. The van der Waals surface area contributed by atoms with Gasteiger partial charge in [0.2, 0.25) is 0 Å². The minimum Gasteiger partial charge on any atom is -0.463 e. The summed E-state index contributed by atoms with van der Waals surface area (Å²) in [5, 5.41) is 0. The molecule has 0 N–H and O–H groups in total. The Hall–Kier alpha value is -3.30. The van der Waals surface area contributed by atoms with Crippen LogP contribution in [0, 0.1) is 0 Å². The third kappa shape index (κ3) is 3.38. The van der Waals surface area contributed by atoms with Crippen LogP contribution in [-0.2, 0) is 14.3 Å². The summed E-state index contributed by atoms with van der Waals surface area (Å²) in [5.41, 5.74) is 2.96. The first-order valence-electron chi connectivity index (χ1n) is 10.7. The van der Waals surface area contributed by atoms with Crippen molar-refractivity contribution in [2.45, 2.75) is 19.9 Å². The molecule has 0 saturated heterocycles. The number of hydrogen-bond donors (Lipinski definition) is 0. The fourth-order valence-corrected chi connectivity index (χ4v) is 5.90. The number of esters is 1. The van der Waals surface area contributed by atoms with Crippen LogP contribution in [0.15, 0.2) is 74.1 Å². The van der Waals surface area contributed by atoms with E-state index in [0.717, 1.165) is 27.1 Å². The van der Waals surface area contributed by atoms with E-state index in [4.69, 9.17) is 4.74 Å². The summed E-state index contributed by atoms with van der Waals surface area (Å²) in [6.07, 6.45) is 0. The molecule has 1 atom stereocenters. The van der Waals surface area contributed by atoms with Gasteiger partial charge in [-0.3, -0.25) is 14.2 Å². The number of likely N-dealkylation sites (N-methyl/N-ethyl adjacent to an activating group) is 1. The van der Waals surface area contributed by atoms with Gasteiger partial charge >= 0.3 is 5.97 Å². The van der Waals surface area contributed by atoms with E-state index in [1.54, 1.807) is 25.8 Å². The molecule has 0 bridgehead atoms. The summed E-state index contributed by atoms with van der Waals surface area (Å²) >= 11 is 4.63. The standard InChI is InChI=1S/C25H20BrN3O4S/c1-4-33-24(32)18-13(2)27-25-29(20(18)14-8-6-5-7-9-14)23(31)21(34-25)19-16-12-15(26)10-11-17(16)28(3)22(19)30/h5-12,20H,4H2,1-3H3/b21-19-/t20-/m0/s1. The molecule has 9 heteroatoms. The average molecular weight is 538 g/mol. The third-order valence-electron chi connectivity index (χ3n) is 5.94. The second kappa shape index (κ2) is 8.48. The first kappa shape index (κ1) is 22.5. The summed E-state index contributed by atoms with van der Waals surface area (Å²) in [6.45, 7) is 3.68. The molecule has 2 aliphatic heterocycles. The molecular weight excluding hydrogens is 518 g/mol. The lowest BCUT2D eigenvalue weighted by Crippen LogP contribution is -2.40. The van der Waals surface area contributed by atoms with Crippen molar-refractivity contribution in [2.24, 2.45) is 4.99 Å². The average Bonchev–Trinajstić information content (AvgIpc) is 3.26. The highest BCUT2D eigenvalue weighted by molar-refractivity contribution is 9.10. The monoisotopic (exact) mass is 537 g/mol. The molecule has 0 saturated carbocycles. The zero-order valence-corrected chi connectivity index (χ0v) is 21.1. The molecule has 0 radical (unpaired) electrons. The van der Waals surface area contributed by atoms with E-state index in [2.05, 4.69) is 20.9 Å². The number of allylic oxidation sites excluding steroid dienone is 1. The smallest absolute Gasteiger partial charge is 0.338 e. The van der Waals surface area contributed by atoms with E-state index in [9.17, 15) is 14.4 Å². The number of anilines is 1. The van der Waals surface area contributed by atoms with Gasteiger partial charge in [-0.2, -0.15) is 0 Å². The number of fused-ring (bicyclic) bond motifs is 2. The minimum absolute atomic E-state index is 0.207. The van der Waals surface area contributed by atoms with Crippen LogP contribution in [0.5, 0.6) is 0 Å². The number of benzene rings is 2. The zero-order chi connectivity index (χ0) is 24.1. The molecule has 0 fully saturated rings. The predicted octanol–water partition coefficient (Wildman–Crippen LogP) is 2.91. The number of thiazole rings is 1. The van der Waals surface area contributed by atoms with Crippen LogP contribution in [0.4, 0.5) is 5.69 Å². The molecule has 5 rings (SSSR count). The molecule has 2 aliphatic rings. The van der Waals surface area contributed by atoms with Gasteiger partial charge in [0.25, 0.3) is 11.5 Å². The fraction of sp³-hybridized carbons (Fsp3) is 0.200. The highest BCUT2D eigenvalue weighted by atomic mass is 79.9. The predicted molar refractivity (Wildman–Crippen MR) is 133 cm³/mol. The molecule has 3 heterocycles. The number of halogens is 1. The number of carbonyl (C=O) groups is 2. The van der Waals surface area contributed by atoms with Gasteiger partial charge < -0.3 is 9.64 Å². The molecule has 1 aromatic heterocycles. The van der Waals surface area contributed by atoms with E-state index < -0.39 is 12.0 Å². The lowest BCUT2D eigenvalue weighted by molar-refractivity contribution is -0.139. The lowest BCUT2D eigenvalue weighted by Gasteiger charge is -2.24. The number of nitrogens with zero attached hydrogens (tertiary/aromatic N) is 3. The molecule has 1 amide bonds. The molecule has 0 spiro atoms. The Bertz CT molecular complexity index is 1570. The third-order valence-corrected chi connectivity index (χ3v) is 7.49. The Labute approximate surface area is 207 Å². The van der Waals surface area contributed by atoms with Crippen molar-refractivity contribution in [1.29, 1.82) is 0 Å². The quantitative estimate of drug-likeness (QED) is 0.481. The van der Waals surface area contributed by atoms with Crippen LogP contribution in [0.1, 0.15) is 31.0 Å². The second-order valence-electron chi connectivity index (χ2n) is 7.93. The van der Waals surface area contributed by atoms with Crippen LogP contribution < -0.4 is 19.8 Å². The van der Waals surface area contributed by atoms with Gasteiger partial charge in [-0.05, 0) is 37.6 Å². The molecular formula is C25H20BrN3O4S. The minimum atomic E-state index is -0.706. The van der Waals surface area contributed by atoms with Gasteiger partial charge in [-0.25, -0.2) is 9.79 Å². The number of aromatic nitrogens is 1. The number of rotatable bonds is 3. The summed E-state index contributed by atoms with van der Waals surface area (Å²) in [5.74, 6) is -0.766. The SMILES string of the molecule is CCOC(=O)C1=C(C)N=c2s/c(=C3\C(=O)N(C)c4ccc(Br)cc43)c(=O)n2[C@H]1c1ccccc1. The normalized spacial score (nSPS) is 18.5. The zero-order valence-electron chi connectivity index (χ0n) is 18.7. The largest absolute Gasteiger partial charge is 0.463 e. The van der Waals surface area contributed by atoms with Crippen molar-refractivity contribution in [2.75, 3.05) is 18.6 Å². The fourth-order valence-electron chi connectivity index (χ4n) is 4.41. The van der Waals surface area contributed by atoms with Crippen molar-refractivity contribution >= 4 is 50.4 Å². The molecule has 3 aromatic rings. The Balaban J connectivity index is 1.84. The maximum absolute atomic E-state index is 13.9. The molecule has 0 unspecified atom stereocenters. The van der Waals surface area contributed by atoms with Gasteiger partial charge in [-0.15, -0.1) is 0 Å². The summed E-state index contributed by atoms with van der Waals surface area (Å²) in [4.78, 5) is 46.6. The van der Waals surface area contributed by atoms with E-state index >= 15 is 0 Å². The number of ether oxygens (including phenoxy) is 1. The Morgan fingerprint density at radius 3 is 2.62 bits per heavy atom. The molecule has 34 heavy (non-hydrogen) atoms. The van der Waals surface area contributed by atoms with Crippen LogP contribution in [0.25, 0.3) is 5.57 Å². The molecule has 7 nitrogen and oxygen atoms in total. The highest BCUT2D eigenvalue weighted by Gasteiger charge is 2.36. The van der Waals surface area contributed by atoms with Crippen LogP contribution in [0.3, 0.4) is 0 Å². The number of amides is 1. The van der Waals surface area contributed by atoms with E-state index in [1.165, 1.54) is 4.57 Å². The van der Waals surface area contributed by atoms with E-state index in [0.29, 0.717) is 31.7 Å². The van der Waals surface area contributed by atoms with Gasteiger partial charge in [0.1, 0.15) is 4.53 Å². The van der Waals surface area contributed by atoms with Gasteiger partial charge in [0, 0.05) is 17.1 Å². The summed E-state index contributed by atoms with van der Waals surface area (Å²) < 4.78 is 7.93. The maximum atomic E-state index is 13.9. The Kier molecular flexibility index (Phi) is 5.61. The first-order chi connectivity index (χ1) is 16.3. The molecule has 0 aliphatic carbocycles. The number of carbonyl (C=O) groups excluding carboxylic acids is 2. The summed E-state index contributed by atoms with van der Waals surface area (Å²) in [7, 11) is 1.69. The van der Waals surface area contributed by atoms with Gasteiger partial charge in [-0.1, -0.05) is 57.6 Å². The van der Waals surface area contributed by atoms with Crippen molar-refractivity contribution in [3.63, 3.8) is 0 Å². The molecule has 172 valence electrons. The van der Waals surface area contributed by atoms with Gasteiger partial charge in [0.15, 0.2) is 4.80 Å². The highest BCUT2D eigenvalue weighted by Crippen LogP contribution is 2.36. The van der Waals surface area contributed by atoms with Crippen molar-refractivity contribution in [3.05, 3.63) is 95.1 Å². The van der Waals surface area contributed by atoms with Crippen molar-refractivity contribution in [3.8, 4) is 0 Å². The topological polar surface area (TPSA) is 81.0 Å². The maximum Gasteiger partial charge on any atom is 0.338 e. The second-order valence-corrected chi connectivity index (χ2v) is 9.83. The van der Waals surface area contributed by atoms with Crippen LogP contribution in [0.2, 0.25) is 0 Å². The molecule has 2 aromatic carbocycles. The van der Waals surface area contributed by atoms with Crippen molar-refractivity contribution in [1.82, 2.24) is 4.57 Å². The first-order valence-corrected chi connectivity index (χ1v) is 12.3. The van der Waals surface area contributed by atoms with E-state index in [1.807, 2.05) is 48.5 Å². The van der Waals surface area contributed by atoms with Crippen LogP contribution >= 0.6 is 27.3 Å². The number of hydrogen-bond acceptors (Lipinski definition) is 6. The Morgan fingerprint density at radius 2 is 1.91 bits per heavy atom. The van der Waals surface area contributed by atoms with Gasteiger partial charge in [0.05, 0.1) is 35.2 Å². The van der Waals surface area contributed by atoms with E-state index in [-0.39, 0.29) is 18.1 Å².